The molecule has 0 aliphatic carbocycles. The van der Waals surface area contributed by atoms with E-state index in [1.54, 1.807) is 6.92 Å². The van der Waals surface area contributed by atoms with Crippen molar-refractivity contribution in [3.05, 3.63) is 42.4 Å². The van der Waals surface area contributed by atoms with E-state index in [2.05, 4.69) is 39.3 Å². The first-order valence-electron chi connectivity index (χ1n) is 7.37. The van der Waals surface area contributed by atoms with E-state index in [0.29, 0.717) is 0 Å². The van der Waals surface area contributed by atoms with Crippen molar-refractivity contribution < 1.29 is 4.79 Å². The van der Waals surface area contributed by atoms with Crippen LogP contribution in [0.15, 0.2) is 36.7 Å². The molecule has 4 rings (SSSR count). The van der Waals surface area contributed by atoms with E-state index in [1.165, 1.54) is 5.69 Å². The van der Waals surface area contributed by atoms with Crippen LogP contribution in [0.2, 0.25) is 0 Å². The van der Waals surface area contributed by atoms with Crippen molar-refractivity contribution in [3.8, 4) is 5.82 Å². The molecule has 2 aliphatic rings. The predicted molar refractivity (Wildman–Crippen MR) is 80.4 cm³/mol. The molecule has 1 fully saturated rings. The molecular weight excluding hydrogens is 264 g/mol. The molecule has 1 N–H and O–H groups in total. The minimum atomic E-state index is -0.0918. The first-order valence-corrected chi connectivity index (χ1v) is 7.37. The van der Waals surface area contributed by atoms with Gasteiger partial charge in [0.25, 0.3) is 0 Å². The molecular formula is C16H18N4O. The molecule has 0 unspecified atom stereocenters. The lowest BCUT2D eigenvalue weighted by Crippen LogP contribution is -2.50. The second-order valence-corrected chi connectivity index (χ2v) is 5.85. The quantitative estimate of drug-likeness (QED) is 0.805. The highest BCUT2D eigenvalue weighted by atomic mass is 16.2. The SMILES string of the molecule is CC(=O)N1CCC2(CC1)Nc1cccnc1-n1cccc12. The number of hydrogen-bond acceptors (Lipinski definition) is 3. The Labute approximate surface area is 123 Å². The Hall–Kier alpha value is -2.30. The van der Waals surface area contributed by atoms with Gasteiger partial charge in [-0.05, 0) is 37.1 Å². The van der Waals surface area contributed by atoms with Gasteiger partial charge in [-0.3, -0.25) is 4.79 Å². The summed E-state index contributed by atoms with van der Waals surface area (Å²) in [5.41, 5.74) is 2.22. The standard InChI is InChI=1S/C16H18N4O/c1-12(21)19-10-6-16(7-11-19)14-5-3-9-20(14)15-13(18-16)4-2-8-17-15/h2-5,8-9,18H,6-7,10-11H2,1H3. The molecule has 21 heavy (non-hydrogen) atoms. The normalized spacial score (nSPS) is 18.8. The number of aromatic nitrogens is 2. The number of likely N-dealkylation sites (tertiary alicyclic amines) is 1. The van der Waals surface area contributed by atoms with Crippen molar-refractivity contribution in [2.45, 2.75) is 25.3 Å². The minimum absolute atomic E-state index is 0.0918. The molecule has 0 atom stereocenters. The maximum Gasteiger partial charge on any atom is 0.219 e. The van der Waals surface area contributed by atoms with E-state index in [9.17, 15) is 4.79 Å². The molecule has 0 aromatic carbocycles. The van der Waals surface area contributed by atoms with Crippen molar-refractivity contribution in [1.82, 2.24) is 14.5 Å². The number of rotatable bonds is 0. The fraction of sp³-hybridized carbons (Fsp3) is 0.375. The number of anilines is 1. The third kappa shape index (κ3) is 1.77. The Kier molecular flexibility index (Phi) is 2.58. The monoisotopic (exact) mass is 282 g/mol. The number of carbonyl (C=O) groups is 1. The predicted octanol–water partition coefficient (Wildman–Crippen LogP) is 2.14. The highest BCUT2D eigenvalue weighted by molar-refractivity contribution is 5.73. The molecule has 0 bridgehead atoms. The van der Waals surface area contributed by atoms with E-state index in [4.69, 9.17) is 0 Å². The van der Waals surface area contributed by atoms with Crippen LogP contribution in [0.5, 0.6) is 0 Å². The fourth-order valence-corrected chi connectivity index (χ4v) is 3.55. The highest BCUT2D eigenvalue weighted by Gasteiger charge is 2.42. The lowest BCUT2D eigenvalue weighted by molar-refractivity contribution is -0.130. The van der Waals surface area contributed by atoms with Crippen LogP contribution in [-0.4, -0.2) is 33.4 Å². The summed E-state index contributed by atoms with van der Waals surface area (Å²) < 4.78 is 2.18. The van der Waals surface area contributed by atoms with Gasteiger partial charge < -0.3 is 14.8 Å². The van der Waals surface area contributed by atoms with E-state index < -0.39 is 0 Å². The molecule has 1 saturated heterocycles. The zero-order valence-corrected chi connectivity index (χ0v) is 12.0. The molecule has 0 saturated carbocycles. The van der Waals surface area contributed by atoms with Crippen LogP contribution < -0.4 is 5.32 Å². The zero-order valence-electron chi connectivity index (χ0n) is 12.0. The van der Waals surface area contributed by atoms with Crippen molar-refractivity contribution in [2.75, 3.05) is 18.4 Å². The topological polar surface area (TPSA) is 50.2 Å². The molecule has 4 heterocycles. The van der Waals surface area contributed by atoms with Gasteiger partial charge in [-0.1, -0.05) is 0 Å². The second kappa shape index (κ2) is 4.35. The van der Waals surface area contributed by atoms with Gasteiger partial charge in [0.1, 0.15) is 0 Å². The van der Waals surface area contributed by atoms with Gasteiger partial charge in [-0.2, -0.15) is 0 Å². The number of piperidine rings is 1. The number of nitrogens with one attached hydrogen (secondary N) is 1. The third-order valence-corrected chi connectivity index (χ3v) is 4.69. The average Bonchev–Trinajstić information content (AvgIpc) is 2.99. The van der Waals surface area contributed by atoms with Crippen molar-refractivity contribution in [1.29, 1.82) is 0 Å². The third-order valence-electron chi connectivity index (χ3n) is 4.69. The number of amides is 1. The van der Waals surface area contributed by atoms with Gasteiger partial charge in [0, 0.05) is 38.1 Å². The lowest BCUT2D eigenvalue weighted by atomic mass is 9.82. The summed E-state index contributed by atoms with van der Waals surface area (Å²) in [5, 5.41) is 3.69. The summed E-state index contributed by atoms with van der Waals surface area (Å²) >= 11 is 0. The van der Waals surface area contributed by atoms with Gasteiger partial charge in [-0.25, -0.2) is 4.98 Å². The first-order chi connectivity index (χ1) is 10.2. The zero-order chi connectivity index (χ0) is 14.4. The van der Waals surface area contributed by atoms with Crippen LogP contribution >= 0.6 is 0 Å². The first kappa shape index (κ1) is 12.4. The number of hydrogen-bond donors (Lipinski definition) is 1. The molecule has 5 heteroatoms. The van der Waals surface area contributed by atoms with Crippen molar-refractivity contribution in [3.63, 3.8) is 0 Å². The summed E-state index contributed by atoms with van der Waals surface area (Å²) in [6.07, 6.45) is 5.73. The van der Waals surface area contributed by atoms with Crippen LogP contribution in [0.1, 0.15) is 25.5 Å². The Bertz CT molecular complexity index is 698. The molecule has 2 aromatic rings. The maximum absolute atomic E-state index is 11.6. The van der Waals surface area contributed by atoms with Crippen LogP contribution in [0, 0.1) is 0 Å². The summed E-state index contributed by atoms with van der Waals surface area (Å²) in [6, 6.07) is 8.26. The number of pyridine rings is 1. The van der Waals surface area contributed by atoms with E-state index in [0.717, 1.165) is 37.4 Å². The van der Waals surface area contributed by atoms with Gasteiger partial charge in [0.15, 0.2) is 5.82 Å². The van der Waals surface area contributed by atoms with Crippen LogP contribution in [0.25, 0.3) is 5.82 Å². The van der Waals surface area contributed by atoms with E-state index in [-0.39, 0.29) is 11.4 Å². The fourth-order valence-electron chi connectivity index (χ4n) is 3.55. The van der Waals surface area contributed by atoms with Crippen molar-refractivity contribution >= 4 is 11.6 Å². The summed E-state index contributed by atoms with van der Waals surface area (Å²) in [6.45, 7) is 3.24. The van der Waals surface area contributed by atoms with Gasteiger partial charge in [0.2, 0.25) is 5.91 Å². The number of fused-ring (bicyclic) bond motifs is 4. The second-order valence-electron chi connectivity index (χ2n) is 5.85. The average molecular weight is 282 g/mol. The van der Waals surface area contributed by atoms with E-state index in [1.807, 2.05) is 17.2 Å². The number of carbonyl (C=O) groups excluding carboxylic acids is 1. The van der Waals surface area contributed by atoms with Crippen LogP contribution in [-0.2, 0) is 10.3 Å². The largest absolute Gasteiger partial charge is 0.371 e. The van der Waals surface area contributed by atoms with Gasteiger partial charge in [0.05, 0.1) is 11.2 Å². The maximum atomic E-state index is 11.6. The van der Waals surface area contributed by atoms with Crippen LogP contribution in [0.3, 0.4) is 0 Å². The Morgan fingerprint density at radius 2 is 2.10 bits per heavy atom. The number of nitrogens with zero attached hydrogens (tertiary/aromatic N) is 3. The molecule has 1 spiro atoms. The lowest BCUT2D eigenvalue weighted by Gasteiger charge is -2.45. The Morgan fingerprint density at radius 3 is 2.86 bits per heavy atom. The van der Waals surface area contributed by atoms with Gasteiger partial charge >= 0.3 is 0 Å². The Morgan fingerprint density at radius 1 is 1.29 bits per heavy atom. The smallest absolute Gasteiger partial charge is 0.219 e. The molecule has 1 amide bonds. The molecule has 2 aromatic heterocycles. The molecule has 5 nitrogen and oxygen atoms in total. The molecule has 108 valence electrons. The Balaban J connectivity index is 1.75. The molecule has 2 aliphatic heterocycles. The molecule has 0 radical (unpaired) electrons. The minimum Gasteiger partial charge on any atom is -0.371 e. The summed E-state index contributed by atoms with van der Waals surface area (Å²) in [5.74, 6) is 1.12. The summed E-state index contributed by atoms with van der Waals surface area (Å²) in [7, 11) is 0. The van der Waals surface area contributed by atoms with Gasteiger partial charge in [-0.15, -0.1) is 0 Å². The van der Waals surface area contributed by atoms with Crippen LogP contribution in [0.4, 0.5) is 5.69 Å². The van der Waals surface area contributed by atoms with Crippen molar-refractivity contribution in [2.24, 2.45) is 0 Å². The highest BCUT2D eigenvalue weighted by Crippen LogP contribution is 2.42. The summed E-state index contributed by atoms with van der Waals surface area (Å²) in [4.78, 5) is 18.0. The van der Waals surface area contributed by atoms with E-state index >= 15 is 0 Å².